The van der Waals surface area contributed by atoms with Crippen LogP contribution in [0.1, 0.15) is 101 Å². The summed E-state index contributed by atoms with van der Waals surface area (Å²) in [4.78, 5) is 64.5. The fourth-order valence-corrected chi connectivity index (χ4v) is 10.2. The highest BCUT2D eigenvalue weighted by atomic mass is 35.5. The van der Waals surface area contributed by atoms with Gasteiger partial charge in [-0.1, -0.05) is 84.3 Å². The van der Waals surface area contributed by atoms with Crippen molar-refractivity contribution < 1.29 is 33.8 Å². The van der Waals surface area contributed by atoms with Crippen molar-refractivity contribution in [2.24, 2.45) is 16.2 Å². The van der Waals surface area contributed by atoms with Gasteiger partial charge in [0.05, 0.1) is 28.9 Å². The maximum absolute atomic E-state index is 14.0. The van der Waals surface area contributed by atoms with E-state index in [0.29, 0.717) is 47.5 Å². The Kier molecular flexibility index (Phi) is 14.7. The summed E-state index contributed by atoms with van der Waals surface area (Å²) in [6.45, 7) is 17.8. The van der Waals surface area contributed by atoms with Crippen LogP contribution >= 0.6 is 11.6 Å². The Hall–Kier alpha value is -5.27. The molecule has 354 valence electrons. The number of aromatic nitrogens is 1. The van der Waals surface area contributed by atoms with E-state index in [4.69, 9.17) is 21.1 Å². The summed E-state index contributed by atoms with van der Waals surface area (Å²) in [6.07, 6.45) is 3.11. The molecule has 1 aromatic heterocycles. The Morgan fingerprint density at radius 1 is 0.985 bits per heavy atom. The Morgan fingerprint density at radius 3 is 2.29 bits per heavy atom. The number of benzene rings is 2. The summed E-state index contributed by atoms with van der Waals surface area (Å²) < 4.78 is 12.1. The molecule has 15 nitrogen and oxygen atoms in total. The number of halogens is 1. The van der Waals surface area contributed by atoms with Crippen LogP contribution < -0.4 is 25.6 Å². The number of carbonyl (C=O) groups excluding carboxylic acids is 4. The van der Waals surface area contributed by atoms with Gasteiger partial charge in [-0.3, -0.25) is 24.1 Å². The lowest BCUT2D eigenvalue weighted by Gasteiger charge is -2.63. The van der Waals surface area contributed by atoms with Gasteiger partial charge in [0, 0.05) is 81.4 Å². The van der Waals surface area contributed by atoms with E-state index in [-0.39, 0.29) is 43.5 Å². The van der Waals surface area contributed by atoms with Gasteiger partial charge in [-0.05, 0) is 59.6 Å². The average Bonchev–Trinajstić information content (AvgIpc) is 4.07. The molecule has 66 heavy (non-hydrogen) atoms. The number of ether oxygens (including phenoxy) is 2. The summed E-state index contributed by atoms with van der Waals surface area (Å²) in [7, 11) is 0. The van der Waals surface area contributed by atoms with Crippen LogP contribution in [0.2, 0.25) is 5.02 Å². The third-order valence-corrected chi connectivity index (χ3v) is 14.0. The highest BCUT2D eigenvalue weighted by molar-refractivity contribution is 6.31. The van der Waals surface area contributed by atoms with Gasteiger partial charge in [0.2, 0.25) is 17.7 Å². The molecule has 1 unspecified atom stereocenters. The van der Waals surface area contributed by atoms with Crippen molar-refractivity contribution in [1.29, 1.82) is 5.26 Å². The minimum atomic E-state index is -0.938. The van der Waals surface area contributed by atoms with Crippen molar-refractivity contribution in [3.63, 3.8) is 0 Å². The largest absolute Gasteiger partial charge is 0.489 e. The predicted octanol–water partition coefficient (Wildman–Crippen LogP) is 5.04. The molecule has 4 fully saturated rings. The van der Waals surface area contributed by atoms with Crippen molar-refractivity contribution in [1.82, 2.24) is 30.7 Å². The number of aliphatic hydroxyl groups is 1. The molecule has 0 bridgehead atoms. The Balaban J connectivity index is 0.820. The molecule has 16 heteroatoms. The van der Waals surface area contributed by atoms with Gasteiger partial charge in [0.1, 0.15) is 42.4 Å². The lowest BCUT2D eigenvalue weighted by Crippen LogP contribution is -2.74. The second kappa shape index (κ2) is 19.9. The number of likely N-dealkylation sites (tertiary alicyclic amines) is 1. The number of nitrogens with zero attached hydrogens (tertiary/aromatic N) is 5. The number of hydrogen-bond donors (Lipinski definition) is 4. The zero-order valence-corrected chi connectivity index (χ0v) is 40.0. The molecule has 3 heterocycles. The molecule has 2 aromatic carbocycles. The van der Waals surface area contributed by atoms with Crippen molar-refractivity contribution in [3.05, 3.63) is 88.1 Å². The first-order valence-corrected chi connectivity index (χ1v) is 23.5. The van der Waals surface area contributed by atoms with Gasteiger partial charge in [-0.15, -0.1) is 0 Å². The van der Waals surface area contributed by atoms with Gasteiger partial charge in [-0.2, -0.15) is 5.26 Å². The first kappa shape index (κ1) is 48.7. The molecule has 4 aliphatic rings. The number of piperazine rings is 1. The van der Waals surface area contributed by atoms with Crippen molar-refractivity contribution >= 4 is 41.0 Å². The summed E-state index contributed by atoms with van der Waals surface area (Å²) in [5, 5.41) is 29.1. The number of anilines is 1. The Morgan fingerprint density at radius 2 is 1.68 bits per heavy atom. The van der Waals surface area contributed by atoms with Gasteiger partial charge < -0.3 is 40.3 Å². The highest BCUT2D eigenvalue weighted by Gasteiger charge is 2.64. The number of nitriles is 1. The van der Waals surface area contributed by atoms with Crippen LogP contribution in [0.5, 0.6) is 5.75 Å². The van der Waals surface area contributed by atoms with Crippen LogP contribution in [0.15, 0.2) is 60.8 Å². The second-order valence-electron chi connectivity index (χ2n) is 20.6. The summed E-state index contributed by atoms with van der Waals surface area (Å²) in [5.74, 6) is 0.608. The fourth-order valence-electron chi connectivity index (χ4n) is 10.0. The average molecular weight is 926 g/mol. The van der Waals surface area contributed by atoms with Crippen LogP contribution in [0.25, 0.3) is 0 Å². The SMILES string of the molecule is CC(C)(C)C(NC(=O)COCCN1CCN(c2ccc(C(=O)N[C@H]3C(C)(C)[C@H](Oc4ccc(C#N)c(Cl)c4)C3(C)C)cn2)CC1)C(=O)N1C[C@H](O)C[C@H]1C(=O)NCc1ccc(C2CC2)cc1. The van der Waals surface area contributed by atoms with Crippen molar-refractivity contribution in [3.8, 4) is 11.8 Å². The Bertz CT molecular complexity index is 2260. The monoisotopic (exact) mass is 924 g/mol. The van der Waals surface area contributed by atoms with E-state index in [0.717, 1.165) is 37.6 Å². The van der Waals surface area contributed by atoms with E-state index in [9.17, 15) is 29.5 Å². The lowest BCUT2D eigenvalue weighted by molar-refractivity contribution is -0.164. The molecular formula is C50H65ClN8O7. The van der Waals surface area contributed by atoms with Crippen LogP contribution in [0.4, 0.5) is 5.82 Å². The fraction of sp³-hybridized carbons (Fsp3) is 0.560. The number of amides is 4. The molecule has 0 spiro atoms. The second-order valence-corrected chi connectivity index (χ2v) is 21.0. The smallest absolute Gasteiger partial charge is 0.253 e. The molecule has 0 radical (unpaired) electrons. The number of rotatable bonds is 16. The molecule has 2 aliphatic carbocycles. The van der Waals surface area contributed by atoms with Crippen LogP contribution in [0.3, 0.4) is 0 Å². The van der Waals surface area contributed by atoms with E-state index in [2.05, 4.69) is 76.6 Å². The molecule has 4 N–H and O–H groups in total. The minimum absolute atomic E-state index is 0.00762. The number of carbonyl (C=O) groups is 4. The quantitative estimate of drug-likeness (QED) is 0.141. The molecule has 4 amide bonds. The number of pyridine rings is 1. The standard InChI is InChI=1S/C50H65ClN8O7/c1-48(2,3)42(45(64)59-29-36(60)24-39(59)44(63)54-27-31-8-10-32(11-9-31)33-12-13-33)55-41(61)30-65-23-22-57-18-20-58(21-19-57)40-17-15-35(28-53-40)43(62)56-46-49(4,5)47(50(46,6)7)66-37-16-14-34(26-52)38(51)25-37/h8-11,14-17,25,28,33,36,39,42,46-47,60H,12-13,18-24,27,29-30H2,1-7H3,(H,54,63)(H,55,61)(H,56,62)/t36-,39+,42?,46-,47-/m1/s1. The van der Waals surface area contributed by atoms with Crippen molar-refractivity contribution in [2.45, 2.75) is 111 Å². The molecule has 2 saturated carbocycles. The van der Waals surface area contributed by atoms with Crippen LogP contribution in [0, 0.1) is 27.6 Å². The summed E-state index contributed by atoms with van der Waals surface area (Å²) in [6, 6.07) is 17.0. The minimum Gasteiger partial charge on any atom is -0.489 e. The van der Waals surface area contributed by atoms with Crippen LogP contribution in [-0.2, 0) is 25.7 Å². The molecule has 2 aliphatic heterocycles. The van der Waals surface area contributed by atoms with Gasteiger partial charge >= 0.3 is 0 Å². The molecule has 3 aromatic rings. The molecular weight excluding hydrogens is 860 g/mol. The molecule has 3 atom stereocenters. The third-order valence-electron chi connectivity index (χ3n) is 13.7. The maximum Gasteiger partial charge on any atom is 0.253 e. The number of β-amino-alcohol motifs (C(OH)–C–C–N with tert-alkyl or cyclic N) is 1. The van der Waals surface area contributed by atoms with Crippen LogP contribution in [-0.4, -0.2) is 126 Å². The van der Waals surface area contributed by atoms with Crippen molar-refractivity contribution in [2.75, 3.05) is 57.4 Å². The third kappa shape index (κ3) is 11.1. The van der Waals surface area contributed by atoms with Gasteiger partial charge in [0.25, 0.3) is 5.91 Å². The first-order valence-electron chi connectivity index (χ1n) is 23.1. The van der Waals surface area contributed by atoms with Gasteiger partial charge in [-0.25, -0.2) is 4.98 Å². The zero-order valence-electron chi connectivity index (χ0n) is 39.2. The van der Waals surface area contributed by atoms with E-state index in [1.807, 2.05) is 39.0 Å². The summed E-state index contributed by atoms with van der Waals surface area (Å²) in [5.41, 5.74) is 1.66. The number of nitrogens with one attached hydrogen (secondary N) is 3. The molecule has 2 saturated heterocycles. The van der Waals surface area contributed by atoms with E-state index in [1.165, 1.54) is 23.3 Å². The van der Waals surface area contributed by atoms with E-state index in [1.54, 1.807) is 30.5 Å². The number of hydrogen-bond acceptors (Lipinski definition) is 11. The Labute approximate surface area is 393 Å². The van der Waals surface area contributed by atoms with E-state index >= 15 is 0 Å². The first-order chi connectivity index (χ1) is 31.3. The normalized spacial score (nSPS) is 23.0. The number of aliphatic hydroxyl groups excluding tert-OH is 1. The lowest BCUT2D eigenvalue weighted by atomic mass is 9.49. The predicted molar refractivity (Wildman–Crippen MR) is 251 cm³/mol. The topological polar surface area (TPSA) is 189 Å². The van der Waals surface area contributed by atoms with E-state index < -0.39 is 46.2 Å². The maximum atomic E-state index is 14.0. The van der Waals surface area contributed by atoms with Gasteiger partial charge in [0.15, 0.2) is 0 Å². The zero-order chi connectivity index (χ0) is 47.6. The highest BCUT2D eigenvalue weighted by Crippen LogP contribution is 2.55. The summed E-state index contributed by atoms with van der Waals surface area (Å²) >= 11 is 6.25. The molecule has 7 rings (SSSR count).